The van der Waals surface area contributed by atoms with Crippen LogP contribution in [0.2, 0.25) is 10.0 Å². The van der Waals surface area contributed by atoms with E-state index in [9.17, 15) is 4.79 Å². The van der Waals surface area contributed by atoms with Crippen molar-refractivity contribution in [3.8, 4) is 0 Å². The van der Waals surface area contributed by atoms with E-state index in [1.54, 1.807) is 6.07 Å². The number of likely N-dealkylation sites (tertiary alicyclic amines) is 1. The fourth-order valence-electron chi connectivity index (χ4n) is 2.80. The smallest absolute Gasteiger partial charge is 0.240 e. The predicted octanol–water partition coefficient (Wildman–Crippen LogP) is 4.05. The van der Waals surface area contributed by atoms with Crippen LogP contribution < -0.4 is 5.32 Å². The molecule has 1 fully saturated rings. The van der Waals surface area contributed by atoms with Gasteiger partial charge in [0.1, 0.15) is 0 Å². The van der Waals surface area contributed by atoms with Gasteiger partial charge in [0.2, 0.25) is 5.91 Å². The van der Waals surface area contributed by atoms with Crippen LogP contribution >= 0.6 is 23.2 Å². The number of benzene rings is 1. The van der Waals surface area contributed by atoms with Crippen molar-refractivity contribution in [2.75, 3.05) is 13.1 Å². The Morgan fingerprint density at radius 1 is 1.43 bits per heavy atom. The molecule has 2 atom stereocenters. The number of carbonyl (C=O) groups excluding carboxylic acids is 1. The number of hydrogen-bond acceptors (Lipinski definition) is 2. The van der Waals surface area contributed by atoms with Gasteiger partial charge in [-0.2, -0.15) is 0 Å². The lowest BCUT2D eigenvalue weighted by Gasteiger charge is -2.37. The van der Waals surface area contributed by atoms with Gasteiger partial charge >= 0.3 is 0 Å². The maximum atomic E-state index is 12.6. The normalized spacial score (nSPS) is 20.7. The Morgan fingerprint density at radius 2 is 2.19 bits per heavy atom. The number of nitrogens with one attached hydrogen (secondary N) is 1. The van der Waals surface area contributed by atoms with Crippen LogP contribution in [0.1, 0.15) is 44.7 Å². The first-order chi connectivity index (χ1) is 10.0. The van der Waals surface area contributed by atoms with Gasteiger partial charge in [0.05, 0.1) is 12.1 Å². The van der Waals surface area contributed by atoms with Crippen LogP contribution in [0.25, 0.3) is 0 Å². The lowest BCUT2D eigenvalue weighted by Crippen LogP contribution is -2.51. The molecule has 1 aliphatic rings. The molecule has 2 rings (SSSR count). The molecule has 0 radical (unpaired) electrons. The van der Waals surface area contributed by atoms with E-state index in [1.165, 1.54) is 0 Å². The molecule has 0 spiro atoms. The van der Waals surface area contributed by atoms with Crippen molar-refractivity contribution in [2.45, 2.75) is 45.2 Å². The van der Waals surface area contributed by atoms with E-state index >= 15 is 0 Å². The third-order valence-corrected chi connectivity index (χ3v) is 4.56. The monoisotopic (exact) mass is 328 g/mol. The van der Waals surface area contributed by atoms with E-state index < -0.39 is 0 Å². The molecular formula is C16H22Cl2N2O. The van der Waals surface area contributed by atoms with Crippen LogP contribution in [0.15, 0.2) is 18.2 Å². The van der Waals surface area contributed by atoms with Crippen molar-refractivity contribution in [3.05, 3.63) is 33.8 Å². The molecular weight excluding hydrogens is 307 g/mol. The van der Waals surface area contributed by atoms with Gasteiger partial charge in [-0.3, -0.25) is 4.79 Å². The van der Waals surface area contributed by atoms with Crippen molar-refractivity contribution in [2.24, 2.45) is 0 Å². The van der Waals surface area contributed by atoms with Gasteiger partial charge in [-0.15, -0.1) is 0 Å². The SMILES string of the molecule is CCCNC1CCCN(C(C)c2ccc(Cl)cc2Cl)C1=O. The Labute approximate surface area is 136 Å². The average Bonchev–Trinajstić information content (AvgIpc) is 2.45. The second-order valence-electron chi connectivity index (χ2n) is 5.52. The summed E-state index contributed by atoms with van der Waals surface area (Å²) in [4.78, 5) is 14.5. The van der Waals surface area contributed by atoms with Crippen LogP contribution in [0, 0.1) is 0 Å². The number of piperidine rings is 1. The molecule has 0 aromatic heterocycles. The van der Waals surface area contributed by atoms with Gasteiger partial charge < -0.3 is 10.2 Å². The van der Waals surface area contributed by atoms with Crippen molar-refractivity contribution in [3.63, 3.8) is 0 Å². The molecule has 2 unspecified atom stereocenters. The zero-order valence-electron chi connectivity index (χ0n) is 12.5. The third-order valence-electron chi connectivity index (χ3n) is 3.99. The molecule has 0 aliphatic carbocycles. The van der Waals surface area contributed by atoms with Crippen LogP contribution in [-0.4, -0.2) is 29.9 Å². The fourth-order valence-corrected chi connectivity index (χ4v) is 3.37. The average molecular weight is 329 g/mol. The lowest BCUT2D eigenvalue weighted by molar-refractivity contribution is -0.138. The van der Waals surface area contributed by atoms with Gasteiger partial charge in [0.15, 0.2) is 0 Å². The molecule has 3 nitrogen and oxygen atoms in total. The Kier molecular flexibility index (Phi) is 5.91. The molecule has 1 amide bonds. The van der Waals surface area contributed by atoms with E-state index in [2.05, 4.69) is 12.2 Å². The van der Waals surface area contributed by atoms with Crippen molar-refractivity contribution < 1.29 is 4.79 Å². The number of rotatable bonds is 5. The minimum absolute atomic E-state index is 0.0338. The molecule has 1 heterocycles. The van der Waals surface area contributed by atoms with Crippen LogP contribution in [-0.2, 0) is 4.79 Å². The van der Waals surface area contributed by atoms with Crippen molar-refractivity contribution in [1.29, 1.82) is 0 Å². The lowest BCUT2D eigenvalue weighted by atomic mass is 9.99. The summed E-state index contributed by atoms with van der Waals surface area (Å²) in [5.41, 5.74) is 0.950. The number of carbonyl (C=O) groups is 1. The summed E-state index contributed by atoms with van der Waals surface area (Å²) in [5, 5.41) is 4.57. The summed E-state index contributed by atoms with van der Waals surface area (Å²) in [5.74, 6) is 0.174. The van der Waals surface area contributed by atoms with Crippen molar-refractivity contribution >= 4 is 29.1 Å². The highest BCUT2D eigenvalue weighted by atomic mass is 35.5. The maximum Gasteiger partial charge on any atom is 0.240 e. The summed E-state index contributed by atoms with van der Waals surface area (Å²) < 4.78 is 0. The molecule has 5 heteroatoms. The minimum Gasteiger partial charge on any atom is -0.335 e. The Hall–Kier alpha value is -0.770. The first kappa shape index (κ1) is 16.6. The van der Waals surface area contributed by atoms with Gasteiger partial charge in [0, 0.05) is 16.6 Å². The van der Waals surface area contributed by atoms with Gasteiger partial charge in [-0.05, 0) is 50.4 Å². The standard InChI is InChI=1S/C16H22Cl2N2O/c1-3-8-19-15-5-4-9-20(16(15)21)11(2)13-7-6-12(17)10-14(13)18/h6-7,10-11,15,19H,3-5,8-9H2,1-2H3. The fraction of sp³-hybridized carbons (Fsp3) is 0.562. The summed E-state index contributed by atoms with van der Waals surface area (Å²) in [6.07, 6.45) is 2.96. The predicted molar refractivity (Wildman–Crippen MR) is 87.9 cm³/mol. The summed E-state index contributed by atoms with van der Waals surface area (Å²) in [6, 6.07) is 5.36. The quantitative estimate of drug-likeness (QED) is 0.884. The number of halogens is 2. The first-order valence-corrected chi connectivity index (χ1v) is 8.29. The minimum atomic E-state index is -0.0628. The zero-order chi connectivity index (χ0) is 15.4. The second-order valence-corrected chi connectivity index (χ2v) is 6.37. The third kappa shape index (κ3) is 3.91. The van der Waals surface area contributed by atoms with E-state index in [0.29, 0.717) is 10.0 Å². The topological polar surface area (TPSA) is 32.3 Å². The van der Waals surface area contributed by atoms with Crippen LogP contribution in [0.3, 0.4) is 0 Å². The van der Waals surface area contributed by atoms with Gasteiger partial charge in [-0.1, -0.05) is 36.2 Å². The summed E-state index contributed by atoms with van der Waals surface area (Å²) in [6.45, 7) is 5.78. The molecule has 1 aromatic rings. The molecule has 1 aliphatic heterocycles. The number of hydrogen-bond donors (Lipinski definition) is 1. The summed E-state index contributed by atoms with van der Waals surface area (Å²) in [7, 11) is 0. The number of amides is 1. The van der Waals surface area contributed by atoms with Crippen molar-refractivity contribution in [1.82, 2.24) is 10.2 Å². The highest BCUT2D eigenvalue weighted by Crippen LogP contribution is 2.31. The number of nitrogens with zero attached hydrogens (tertiary/aromatic N) is 1. The van der Waals surface area contributed by atoms with Gasteiger partial charge in [0.25, 0.3) is 0 Å². The first-order valence-electron chi connectivity index (χ1n) is 7.53. The van der Waals surface area contributed by atoms with E-state index in [-0.39, 0.29) is 18.0 Å². The molecule has 1 aromatic carbocycles. The van der Waals surface area contributed by atoms with Crippen LogP contribution in [0.5, 0.6) is 0 Å². The van der Waals surface area contributed by atoms with Gasteiger partial charge in [-0.25, -0.2) is 0 Å². The Morgan fingerprint density at radius 3 is 2.86 bits per heavy atom. The van der Waals surface area contributed by atoms with E-state index in [1.807, 2.05) is 24.0 Å². The Balaban J connectivity index is 2.13. The summed E-state index contributed by atoms with van der Waals surface area (Å²) >= 11 is 12.2. The molecule has 1 saturated heterocycles. The maximum absolute atomic E-state index is 12.6. The molecule has 0 saturated carbocycles. The van der Waals surface area contributed by atoms with Crippen LogP contribution in [0.4, 0.5) is 0 Å². The van der Waals surface area contributed by atoms with E-state index in [4.69, 9.17) is 23.2 Å². The molecule has 116 valence electrons. The second kappa shape index (κ2) is 7.48. The Bertz CT molecular complexity index is 507. The highest BCUT2D eigenvalue weighted by molar-refractivity contribution is 6.35. The largest absolute Gasteiger partial charge is 0.335 e. The van der Waals surface area contributed by atoms with E-state index in [0.717, 1.165) is 37.9 Å². The molecule has 1 N–H and O–H groups in total. The zero-order valence-corrected chi connectivity index (χ0v) is 14.0. The highest BCUT2D eigenvalue weighted by Gasteiger charge is 2.32. The molecule has 0 bridgehead atoms. The molecule has 21 heavy (non-hydrogen) atoms.